The minimum Gasteiger partial charge on any atom is -0.308 e. The van der Waals surface area contributed by atoms with Gasteiger partial charge < -0.3 is 5.10 Å². The fraction of sp³-hybridized carbons (Fsp3) is 0.412. The van der Waals surface area contributed by atoms with E-state index in [0.717, 1.165) is 12.2 Å². The molecule has 1 saturated carbocycles. The fourth-order valence-corrected chi connectivity index (χ4v) is 3.04. The highest BCUT2D eigenvalue weighted by molar-refractivity contribution is 5.72. The maximum Gasteiger partial charge on any atom is 0.275 e. The fourth-order valence-electron chi connectivity index (χ4n) is 3.04. The number of fused-ring (bicyclic) bond motifs is 1. The van der Waals surface area contributed by atoms with Gasteiger partial charge in [0.2, 0.25) is 5.69 Å². The van der Waals surface area contributed by atoms with Gasteiger partial charge >= 0.3 is 0 Å². The number of hydrogen-bond acceptors (Lipinski definition) is 3. The van der Waals surface area contributed by atoms with Crippen molar-refractivity contribution in [3.63, 3.8) is 0 Å². The molecule has 0 radical (unpaired) electrons. The van der Waals surface area contributed by atoms with Crippen molar-refractivity contribution in [1.29, 1.82) is 0 Å². The second kappa shape index (κ2) is 5.34. The lowest BCUT2D eigenvalue weighted by atomic mass is 10.0. The van der Waals surface area contributed by atoms with E-state index in [0.29, 0.717) is 28.5 Å². The number of hydrogen-bond donors (Lipinski definition) is 1. The maximum atomic E-state index is 12.9. The van der Waals surface area contributed by atoms with Crippen molar-refractivity contribution in [2.75, 3.05) is 0 Å². The first kappa shape index (κ1) is 14.7. The maximum absolute atomic E-state index is 12.9. The molecule has 0 saturated heterocycles. The quantitative estimate of drug-likeness (QED) is 0.751. The first-order valence-corrected chi connectivity index (χ1v) is 8.13. The molecule has 122 valence electrons. The molecule has 3 heterocycles. The van der Waals surface area contributed by atoms with E-state index in [1.807, 2.05) is 24.6 Å². The van der Waals surface area contributed by atoms with Gasteiger partial charge in [-0.25, -0.2) is 14.3 Å². The predicted molar refractivity (Wildman–Crippen MR) is 90.1 cm³/mol. The first-order valence-electron chi connectivity index (χ1n) is 8.13. The van der Waals surface area contributed by atoms with Gasteiger partial charge in [0, 0.05) is 24.5 Å². The van der Waals surface area contributed by atoms with E-state index < -0.39 is 0 Å². The van der Waals surface area contributed by atoms with Crippen molar-refractivity contribution in [3.05, 3.63) is 45.8 Å². The summed E-state index contributed by atoms with van der Waals surface area (Å²) < 4.78 is 3.29. The van der Waals surface area contributed by atoms with E-state index in [-0.39, 0.29) is 11.5 Å². The zero-order valence-electron chi connectivity index (χ0n) is 13.7. The molecular formula is C17H18N6O. The van der Waals surface area contributed by atoms with Gasteiger partial charge in [0.15, 0.2) is 5.65 Å². The highest BCUT2D eigenvalue weighted by atomic mass is 16.1. The predicted octanol–water partition coefficient (Wildman–Crippen LogP) is 2.97. The molecule has 0 unspecified atom stereocenters. The summed E-state index contributed by atoms with van der Waals surface area (Å²) in [4.78, 5) is 21.0. The van der Waals surface area contributed by atoms with Crippen LogP contribution in [0.2, 0.25) is 0 Å². The SMILES string of the molecule is [C-]#[N+]c1c[nH]n2c(=O)c(C(C)C)c(-c3ccnn3CC3CC3)nc12. The molecule has 0 atom stereocenters. The lowest BCUT2D eigenvalue weighted by Crippen LogP contribution is -2.23. The molecule has 0 spiro atoms. The smallest absolute Gasteiger partial charge is 0.275 e. The molecule has 0 aliphatic heterocycles. The number of rotatable bonds is 4. The monoisotopic (exact) mass is 322 g/mol. The van der Waals surface area contributed by atoms with Crippen LogP contribution in [0.4, 0.5) is 5.69 Å². The Morgan fingerprint density at radius 2 is 2.25 bits per heavy atom. The van der Waals surface area contributed by atoms with Gasteiger partial charge in [-0.05, 0) is 30.7 Å². The first-order chi connectivity index (χ1) is 11.6. The van der Waals surface area contributed by atoms with Gasteiger partial charge in [0.1, 0.15) is 0 Å². The van der Waals surface area contributed by atoms with E-state index in [1.165, 1.54) is 23.6 Å². The third-order valence-electron chi connectivity index (χ3n) is 4.46. The van der Waals surface area contributed by atoms with Crippen molar-refractivity contribution in [2.45, 2.75) is 39.2 Å². The van der Waals surface area contributed by atoms with Gasteiger partial charge in [-0.1, -0.05) is 13.8 Å². The minimum atomic E-state index is -0.154. The van der Waals surface area contributed by atoms with E-state index in [1.54, 1.807) is 6.20 Å². The largest absolute Gasteiger partial charge is 0.308 e. The molecule has 7 nitrogen and oxygen atoms in total. The van der Waals surface area contributed by atoms with Crippen molar-refractivity contribution in [3.8, 4) is 11.4 Å². The normalized spacial score (nSPS) is 14.4. The molecule has 1 N–H and O–H groups in total. The van der Waals surface area contributed by atoms with Crippen LogP contribution in [0.1, 0.15) is 38.2 Å². The van der Waals surface area contributed by atoms with E-state index in [2.05, 4.69) is 20.0 Å². The van der Waals surface area contributed by atoms with Gasteiger partial charge in [-0.3, -0.25) is 9.48 Å². The van der Waals surface area contributed by atoms with Gasteiger partial charge in [-0.15, -0.1) is 0 Å². The molecular weight excluding hydrogens is 304 g/mol. The van der Waals surface area contributed by atoms with Crippen LogP contribution in [0.3, 0.4) is 0 Å². The Balaban J connectivity index is 1.99. The molecule has 1 aliphatic rings. The van der Waals surface area contributed by atoms with Crippen LogP contribution in [0.5, 0.6) is 0 Å². The van der Waals surface area contributed by atoms with Crippen LogP contribution in [-0.2, 0) is 6.54 Å². The average Bonchev–Trinajstić information content (AvgIpc) is 3.08. The second-order valence-corrected chi connectivity index (χ2v) is 6.61. The summed E-state index contributed by atoms with van der Waals surface area (Å²) in [6.07, 6.45) is 5.72. The summed E-state index contributed by atoms with van der Waals surface area (Å²) in [5.74, 6) is 0.683. The van der Waals surface area contributed by atoms with Crippen LogP contribution >= 0.6 is 0 Å². The summed E-state index contributed by atoms with van der Waals surface area (Å²) in [6.45, 7) is 12.1. The topological polar surface area (TPSA) is 72.3 Å². The Bertz CT molecular complexity index is 1010. The molecule has 7 heteroatoms. The van der Waals surface area contributed by atoms with E-state index in [9.17, 15) is 4.79 Å². The summed E-state index contributed by atoms with van der Waals surface area (Å²) >= 11 is 0. The summed E-state index contributed by atoms with van der Waals surface area (Å²) in [5.41, 5.74) is 2.69. The number of nitrogens with zero attached hydrogens (tertiary/aromatic N) is 5. The Kier molecular flexibility index (Phi) is 3.27. The average molecular weight is 322 g/mol. The van der Waals surface area contributed by atoms with Gasteiger partial charge in [0.25, 0.3) is 5.56 Å². The van der Waals surface area contributed by atoms with Crippen LogP contribution in [-0.4, -0.2) is 24.4 Å². The number of H-pyrrole nitrogens is 1. The van der Waals surface area contributed by atoms with Gasteiger partial charge in [-0.2, -0.15) is 5.10 Å². The third-order valence-corrected chi connectivity index (χ3v) is 4.46. The van der Waals surface area contributed by atoms with Crippen molar-refractivity contribution in [1.82, 2.24) is 24.4 Å². The van der Waals surface area contributed by atoms with Crippen molar-refractivity contribution in [2.24, 2.45) is 5.92 Å². The lowest BCUT2D eigenvalue weighted by Gasteiger charge is -2.13. The van der Waals surface area contributed by atoms with Crippen LogP contribution in [0, 0.1) is 12.5 Å². The molecule has 0 amide bonds. The van der Waals surface area contributed by atoms with Crippen molar-refractivity contribution >= 4 is 11.3 Å². The Labute approximate surface area is 138 Å². The Morgan fingerprint density at radius 1 is 1.46 bits per heavy atom. The molecule has 1 fully saturated rings. The number of nitrogens with one attached hydrogen (secondary N) is 1. The molecule has 0 bridgehead atoms. The van der Waals surface area contributed by atoms with E-state index in [4.69, 9.17) is 6.57 Å². The zero-order valence-corrected chi connectivity index (χ0v) is 13.7. The molecule has 0 aromatic carbocycles. The van der Waals surface area contributed by atoms with Crippen molar-refractivity contribution < 1.29 is 0 Å². The highest BCUT2D eigenvalue weighted by Gasteiger charge is 2.26. The molecule has 3 aromatic heterocycles. The summed E-state index contributed by atoms with van der Waals surface area (Å²) in [5, 5.41) is 7.25. The lowest BCUT2D eigenvalue weighted by molar-refractivity contribution is 0.567. The minimum absolute atomic E-state index is 0.0147. The standard InChI is InChI=1S/C17H18N6O/c1-10(2)14-15(13-6-7-19-22(13)9-11-4-5-11)21-16-12(18-3)8-20-23(16)17(14)24/h6-8,10-11,20H,4-5,9H2,1-2H3. The Hall–Kier alpha value is -2.88. The molecule has 1 aliphatic carbocycles. The number of aromatic nitrogens is 5. The van der Waals surface area contributed by atoms with Gasteiger partial charge in [0.05, 0.1) is 18.0 Å². The molecule has 4 rings (SSSR count). The van der Waals surface area contributed by atoms with Crippen LogP contribution < -0.4 is 5.56 Å². The molecule has 3 aromatic rings. The second-order valence-electron chi connectivity index (χ2n) is 6.61. The number of aromatic amines is 1. The van der Waals surface area contributed by atoms with Crippen LogP contribution in [0.15, 0.2) is 23.3 Å². The Morgan fingerprint density at radius 3 is 2.92 bits per heavy atom. The van der Waals surface area contributed by atoms with Crippen LogP contribution in [0.25, 0.3) is 21.9 Å². The third kappa shape index (κ3) is 2.22. The summed E-state index contributed by atoms with van der Waals surface area (Å²) in [6, 6.07) is 1.90. The summed E-state index contributed by atoms with van der Waals surface area (Å²) in [7, 11) is 0. The molecule has 24 heavy (non-hydrogen) atoms. The van der Waals surface area contributed by atoms with E-state index >= 15 is 0 Å². The zero-order chi connectivity index (χ0) is 16.8. The highest BCUT2D eigenvalue weighted by Crippen LogP contribution is 2.33.